The number of hydrogen-bond acceptors (Lipinski definition) is 3. The minimum atomic E-state index is -0.117. The lowest BCUT2D eigenvalue weighted by Gasteiger charge is -2.38. The van der Waals surface area contributed by atoms with Gasteiger partial charge in [0.1, 0.15) is 5.78 Å². The van der Waals surface area contributed by atoms with E-state index < -0.39 is 0 Å². The van der Waals surface area contributed by atoms with Crippen molar-refractivity contribution in [1.29, 1.82) is 0 Å². The van der Waals surface area contributed by atoms with Crippen LogP contribution in [0, 0.1) is 28.6 Å². The first-order chi connectivity index (χ1) is 7.78. The smallest absolute Gasteiger partial charge is 0.308 e. The fourth-order valence-corrected chi connectivity index (χ4v) is 4.17. The van der Waals surface area contributed by atoms with Gasteiger partial charge in [-0.05, 0) is 23.2 Å². The van der Waals surface area contributed by atoms with Crippen LogP contribution in [0.3, 0.4) is 0 Å². The van der Waals surface area contributed by atoms with Gasteiger partial charge in [0, 0.05) is 12.3 Å². The average Bonchev–Trinajstić information content (AvgIpc) is 2.59. The summed E-state index contributed by atoms with van der Waals surface area (Å²) in [7, 11) is 1.45. The summed E-state index contributed by atoms with van der Waals surface area (Å²) in [5.41, 5.74) is -0.106. The largest absolute Gasteiger partial charge is 0.469 e. The van der Waals surface area contributed by atoms with E-state index in [1.165, 1.54) is 7.11 Å². The number of ketones is 1. The highest BCUT2D eigenvalue weighted by molar-refractivity contribution is 5.86. The van der Waals surface area contributed by atoms with Crippen LogP contribution in [-0.4, -0.2) is 18.9 Å². The summed E-state index contributed by atoms with van der Waals surface area (Å²) in [6, 6.07) is 0. The van der Waals surface area contributed by atoms with Crippen molar-refractivity contribution >= 4 is 11.8 Å². The van der Waals surface area contributed by atoms with E-state index in [1.807, 2.05) is 6.92 Å². The van der Waals surface area contributed by atoms with Crippen molar-refractivity contribution in [2.75, 3.05) is 7.11 Å². The van der Waals surface area contributed by atoms with E-state index in [2.05, 4.69) is 20.8 Å². The summed E-state index contributed by atoms with van der Waals surface area (Å²) in [4.78, 5) is 23.8. The number of rotatable bonds is 1. The molecular formula is C14H22O3. The van der Waals surface area contributed by atoms with Crippen LogP contribution in [0.15, 0.2) is 0 Å². The van der Waals surface area contributed by atoms with Crippen LogP contribution in [0.2, 0.25) is 0 Å². The SMILES string of the molecule is COC(=O)[C@H]1C[C@]2(C)[C@@H](C)C(=O)C[C@]2(C)[C@H]1C. The first kappa shape index (κ1) is 12.6. The normalized spacial score (nSPS) is 49.2. The molecule has 2 fully saturated rings. The molecule has 96 valence electrons. The maximum Gasteiger partial charge on any atom is 0.308 e. The van der Waals surface area contributed by atoms with Crippen molar-refractivity contribution in [2.45, 2.75) is 40.5 Å². The van der Waals surface area contributed by atoms with E-state index in [0.29, 0.717) is 12.2 Å². The Morgan fingerprint density at radius 3 is 2.35 bits per heavy atom. The van der Waals surface area contributed by atoms with Gasteiger partial charge in [-0.3, -0.25) is 9.59 Å². The molecule has 0 aromatic heterocycles. The molecule has 17 heavy (non-hydrogen) atoms. The standard InChI is InChI=1S/C14H22O3/c1-8-10(12(16)17-5)6-13(3)9(2)11(15)7-14(8,13)4/h8-10H,6-7H2,1-5H3/t8-,9-,10-,13+,14+/m0/s1. The second kappa shape index (κ2) is 3.56. The molecule has 0 aromatic rings. The average molecular weight is 238 g/mol. The molecule has 2 aliphatic carbocycles. The van der Waals surface area contributed by atoms with Crippen molar-refractivity contribution in [2.24, 2.45) is 28.6 Å². The van der Waals surface area contributed by atoms with E-state index in [9.17, 15) is 9.59 Å². The maximum atomic E-state index is 12.0. The lowest BCUT2D eigenvalue weighted by molar-refractivity contribution is -0.147. The molecule has 0 heterocycles. The molecule has 0 bridgehead atoms. The van der Waals surface area contributed by atoms with Gasteiger partial charge < -0.3 is 4.74 Å². The number of carbonyl (C=O) groups is 2. The zero-order valence-corrected chi connectivity index (χ0v) is 11.4. The monoisotopic (exact) mass is 238 g/mol. The van der Waals surface area contributed by atoms with Crippen molar-refractivity contribution < 1.29 is 14.3 Å². The summed E-state index contributed by atoms with van der Waals surface area (Å²) < 4.78 is 4.90. The van der Waals surface area contributed by atoms with Gasteiger partial charge in [0.2, 0.25) is 0 Å². The first-order valence-corrected chi connectivity index (χ1v) is 6.38. The highest BCUT2D eigenvalue weighted by Crippen LogP contribution is 2.67. The van der Waals surface area contributed by atoms with E-state index in [-0.39, 0.29) is 34.6 Å². The van der Waals surface area contributed by atoms with Crippen molar-refractivity contribution in [3.8, 4) is 0 Å². The molecule has 0 amide bonds. The molecule has 5 atom stereocenters. The summed E-state index contributed by atoms with van der Waals surface area (Å²) in [5, 5.41) is 0. The molecule has 0 saturated heterocycles. The minimum Gasteiger partial charge on any atom is -0.469 e. The quantitative estimate of drug-likeness (QED) is 0.659. The molecule has 0 aliphatic heterocycles. The molecule has 0 radical (unpaired) electrons. The predicted molar refractivity (Wildman–Crippen MR) is 64.3 cm³/mol. The Balaban J connectivity index is 2.39. The van der Waals surface area contributed by atoms with Crippen LogP contribution < -0.4 is 0 Å². The summed E-state index contributed by atoms with van der Waals surface area (Å²) >= 11 is 0. The lowest BCUT2D eigenvalue weighted by Crippen LogP contribution is -2.34. The van der Waals surface area contributed by atoms with Gasteiger partial charge in [-0.1, -0.05) is 27.7 Å². The molecule has 0 unspecified atom stereocenters. The second-order valence-corrected chi connectivity index (χ2v) is 6.32. The van der Waals surface area contributed by atoms with Gasteiger partial charge >= 0.3 is 5.97 Å². The molecule has 2 aliphatic rings. The molecule has 0 aromatic carbocycles. The number of ether oxygens (including phenoxy) is 1. The van der Waals surface area contributed by atoms with Crippen LogP contribution in [0.5, 0.6) is 0 Å². The van der Waals surface area contributed by atoms with Gasteiger partial charge in [-0.2, -0.15) is 0 Å². The Morgan fingerprint density at radius 1 is 1.29 bits per heavy atom. The third-order valence-corrected chi connectivity index (χ3v) is 6.04. The molecule has 0 spiro atoms. The van der Waals surface area contributed by atoms with E-state index in [0.717, 1.165) is 6.42 Å². The number of methoxy groups -OCH3 is 1. The van der Waals surface area contributed by atoms with Crippen molar-refractivity contribution in [3.05, 3.63) is 0 Å². The Morgan fingerprint density at radius 2 is 1.88 bits per heavy atom. The third kappa shape index (κ3) is 1.34. The maximum absolute atomic E-state index is 12.0. The van der Waals surface area contributed by atoms with Crippen LogP contribution in [0.1, 0.15) is 40.5 Å². The Kier molecular flexibility index (Phi) is 2.64. The number of esters is 1. The Hall–Kier alpha value is -0.860. The number of Topliss-reactive ketones (excluding diaryl/α,β-unsaturated/α-hetero) is 1. The van der Waals surface area contributed by atoms with Gasteiger partial charge in [-0.25, -0.2) is 0 Å². The molecule has 3 heteroatoms. The molecule has 2 rings (SSSR count). The van der Waals surface area contributed by atoms with Crippen molar-refractivity contribution in [1.82, 2.24) is 0 Å². The minimum absolute atomic E-state index is 0.0504. The van der Waals surface area contributed by atoms with Crippen LogP contribution in [0.4, 0.5) is 0 Å². The van der Waals surface area contributed by atoms with Gasteiger partial charge in [0.05, 0.1) is 13.0 Å². The zero-order valence-electron chi connectivity index (χ0n) is 11.4. The number of hydrogen-bond donors (Lipinski definition) is 0. The summed E-state index contributed by atoms with van der Waals surface area (Å²) in [6.45, 7) is 8.45. The zero-order chi connectivity index (χ0) is 13.0. The first-order valence-electron chi connectivity index (χ1n) is 6.38. The van der Waals surface area contributed by atoms with Gasteiger partial charge in [0.25, 0.3) is 0 Å². The summed E-state index contributed by atoms with van der Waals surface area (Å²) in [6.07, 6.45) is 1.39. The fraction of sp³-hybridized carbons (Fsp3) is 0.857. The van der Waals surface area contributed by atoms with E-state index in [4.69, 9.17) is 4.74 Å². The molecular weight excluding hydrogens is 216 g/mol. The number of carbonyl (C=O) groups excluding carboxylic acids is 2. The highest BCUT2D eigenvalue weighted by atomic mass is 16.5. The summed E-state index contributed by atoms with van der Waals surface area (Å²) in [5.74, 6) is 0.461. The predicted octanol–water partition coefficient (Wildman–Crippen LogP) is 2.44. The molecule has 2 saturated carbocycles. The molecule has 0 N–H and O–H groups in total. The topological polar surface area (TPSA) is 43.4 Å². The van der Waals surface area contributed by atoms with Gasteiger partial charge in [0.15, 0.2) is 0 Å². The van der Waals surface area contributed by atoms with Crippen LogP contribution >= 0.6 is 0 Å². The van der Waals surface area contributed by atoms with Crippen LogP contribution in [0.25, 0.3) is 0 Å². The lowest BCUT2D eigenvalue weighted by atomic mass is 9.65. The fourth-order valence-electron chi connectivity index (χ4n) is 4.17. The molecule has 3 nitrogen and oxygen atoms in total. The Labute approximate surface area is 103 Å². The Bertz CT molecular complexity index is 374. The third-order valence-electron chi connectivity index (χ3n) is 6.04. The van der Waals surface area contributed by atoms with Crippen LogP contribution in [-0.2, 0) is 14.3 Å². The second-order valence-electron chi connectivity index (χ2n) is 6.32. The number of fused-ring (bicyclic) bond motifs is 1. The van der Waals surface area contributed by atoms with E-state index in [1.54, 1.807) is 0 Å². The van der Waals surface area contributed by atoms with E-state index >= 15 is 0 Å². The van der Waals surface area contributed by atoms with Crippen molar-refractivity contribution in [3.63, 3.8) is 0 Å². The van der Waals surface area contributed by atoms with Gasteiger partial charge in [-0.15, -0.1) is 0 Å². The highest BCUT2D eigenvalue weighted by Gasteiger charge is 2.66.